The quantitative estimate of drug-likeness (QED) is 0.143. The molecule has 2 heterocycles. The maximum atomic E-state index is 14.0. The maximum absolute atomic E-state index is 14.0. The average molecular weight is 828 g/mol. The molecule has 0 aliphatic carbocycles. The van der Waals surface area contributed by atoms with Crippen molar-refractivity contribution in [2.45, 2.75) is 35.4 Å². The lowest BCUT2D eigenvalue weighted by molar-refractivity contribution is -0.317. The zero-order valence-corrected chi connectivity index (χ0v) is 30.1. The minimum Gasteiger partial charge on any atom is -0.442 e. The topological polar surface area (TPSA) is 59.1 Å². The van der Waals surface area contributed by atoms with Crippen molar-refractivity contribution in [1.82, 2.24) is 0 Å². The maximum Gasteiger partial charge on any atom is 0.434 e. The molecule has 6 rings (SSSR count). The Kier molecular flexibility index (Phi) is 10.1. The molecule has 0 unspecified atom stereocenters. The summed E-state index contributed by atoms with van der Waals surface area (Å²) in [4.78, 5) is 27.7. The summed E-state index contributed by atoms with van der Waals surface area (Å²) in [5.74, 6) is -4.61. The van der Waals surface area contributed by atoms with E-state index >= 15 is 0 Å². The number of carbonyl (C=O) groups is 2. The van der Waals surface area contributed by atoms with E-state index in [-0.39, 0.29) is 22.3 Å². The molecule has 0 N–H and O–H groups in total. The van der Waals surface area contributed by atoms with Crippen LogP contribution in [0.5, 0.6) is 0 Å². The summed E-state index contributed by atoms with van der Waals surface area (Å²) < 4.78 is 94.6. The van der Waals surface area contributed by atoms with Crippen LogP contribution in [0.25, 0.3) is 0 Å². The highest BCUT2D eigenvalue weighted by Gasteiger charge is 2.74. The van der Waals surface area contributed by atoms with Crippen molar-refractivity contribution in [3.8, 4) is 0 Å². The van der Waals surface area contributed by atoms with Crippen molar-refractivity contribution in [3.63, 3.8) is 0 Å². The Labute approximate surface area is 301 Å². The van der Waals surface area contributed by atoms with Crippen LogP contribution in [0.3, 0.4) is 0 Å². The molecule has 0 saturated carbocycles. The largest absolute Gasteiger partial charge is 0.442 e. The average Bonchev–Trinajstić information content (AvgIpc) is 3.03. The van der Waals surface area contributed by atoms with Crippen LogP contribution in [0.4, 0.5) is 37.7 Å². The molecule has 4 atom stereocenters. The van der Waals surface area contributed by atoms with Crippen LogP contribution < -0.4 is 9.80 Å². The van der Waals surface area contributed by atoms with Crippen LogP contribution in [-0.4, -0.2) is 52.5 Å². The van der Waals surface area contributed by atoms with Gasteiger partial charge in [0.1, 0.15) is 11.8 Å². The van der Waals surface area contributed by atoms with E-state index in [0.717, 1.165) is 11.4 Å². The number of hydrogen-bond acceptors (Lipinski definition) is 6. The molecule has 6 nitrogen and oxygen atoms in total. The number of esters is 2. The molecular formula is C36H30Br2F6N2O4. The number of rotatable bonds is 6. The predicted molar refractivity (Wildman–Crippen MR) is 183 cm³/mol. The standard InChI is InChI=1S/2C18H15BrF3NO2/c2*1-23(2)14-9-3-11(4-10-14)15-16(24)25-17(15,18(20,21)22)12-5-7-13(19)8-6-12/h2*3-10,15H,1-2H3/t2*15-,17-/m11/s1. The highest BCUT2D eigenvalue weighted by molar-refractivity contribution is 9.10. The van der Waals surface area contributed by atoms with Gasteiger partial charge in [-0.1, -0.05) is 80.4 Å². The summed E-state index contributed by atoms with van der Waals surface area (Å²) in [5.41, 5.74) is -3.29. The second-order valence-electron chi connectivity index (χ2n) is 12.2. The van der Waals surface area contributed by atoms with Gasteiger partial charge >= 0.3 is 24.3 Å². The molecule has 2 aliphatic heterocycles. The third-order valence-electron chi connectivity index (χ3n) is 8.68. The Morgan fingerprint density at radius 3 is 1.02 bits per heavy atom. The van der Waals surface area contributed by atoms with Gasteiger partial charge in [0.05, 0.1) is 0 Å². The Morgan fingerprint density at radius 2 is 0.800 bits per heavy atom. The molecule has 4 aromatic rings. The van der Waals surface area contributed by atoms with Crippen LogP contribution in [0.2, 0.25) is 0 Å². The molecule has 14 heteroatoms. The van der Waals surface area contributed by atoms with Crippen LogP contribution >= 0.6 is 31.9 Å². The van der Waals surface area contributed by atoms with Crippen molar-refractivity contribution in [1.29, 1.82) is 0 Å². The number of anilines is 2. The smallest absolute Gasteiger partial charge is 0.434 e. The third-order valence-corrected chi connectivity index (χ3v) is 9.74. The summed E-state index contributed by atoms with van der Waals surface area (Å²) in [5, 5.41) is 0. The first kappa shape index (κ1) is 37.2. The van der Waals surface area contributed by atoms with Gasteiger partial charge in [-0.05, 0) is 59.7 Å². The van der Waals surface area contributed by atoms with Gasteiger partial charge in [0.25, 0.3) is 0 Å². The minimum atomic E-state index is -4.74. The first-order valence-corrected chi connectivity index (χ1v) is 16.6. The number of nitrogens with zero attached hydrogens (tertiary/aromatic N) is 2. The van der Waals surface area contributed by atoms with Crippen molar-refractivity contribution in [3.05, 3.63) is 128 Å². The predicted octanol–water partition coefficient (Wildman–Crippen LogP) is 9.23. The lowest BCUT2D eigenvalue weighted by Gasteiger charge is -2.48. The zero-order valence-electron chi connectivity index (χ0n) is 26.9. The number of benzene rings is 4. The monoisotopic (exact) mass is 826 g/mol. The fraction of sp³-hybridized carbons (Fsp3) is 0.278. The van der Waals surface area contributed by atoms with Crippen LogP contribution in [-0.2, 0) is 30.3 Å². The van der Waals surface area contributed by atoms with Crippen LogP contribution in [0, 0.1) is 0 Å². The van der Waals surface area contributed by atoms with Gasteiger partial charge in [0.2, 0.25) is 11.2 Å². The van der Waals surface area contributed by atoms with E-state index in [4.69, 9.17) is 9.47 Å². The highest BCUT2D eigenvalue weighted by Crippen LogP contribution is 2.60. The number of carbonyl (C=O) groups excluding carboxylic acids is 2. The summed E-state index contributed by atoms with van der Waals surface area (Å²) in [6.07, 6.45) is -9.47. The normalized spacial score (nSPS) is 23.0. The molecular weight excluding hydrogens is 798 g/mol. The summed E-state index contributed by atoms with van der Waals surface area (Å²) in [6.45, 7) is 0. The summed E-state index contributed by atoms with van der Waals surface area (Å²) in [7, 11) is 7.31. The lowest BCUT2D eigenvalue weighted by Crippen LogP contribution is -2.61. The van der Waals surface area contributed by atoms with E-state index in [1.165, 1.54) is 48.5 Å². The van der Waals surface area contributed by atoms with Gasteiger partial charge in [-0.2, -0.15) is 26.3 Å². The molecule has 0 radical (unpaired) electrons. The summed E-state index contributed by atoms with van der Waals surface area (Å²) in [6, 6.07) is 24.2. The second kappa shape index (κ2) is 13.6. The summed E-state index contributed by atoms with van der Waals surface area (Å²) >= 11 is 6.40. The second-order valence-corrected chi connectivity index (χ2v) is 14.0. The third kappa shape index (κ3) is 6.47. The molecule has 0 spiro atoms. The molecule has 0 amide bonds. The van der Waals surface area contributed by atoms with Crippen molar-refractivity contribution < 1.29 is 45.4 Å². The number of alkyl halides is 6. The van der Waals surface area contributed by atoms with E-state index in [0.29, 0.717) is 8.95 Å². The van der Waals surface area contributed by atoms with Gasteiger partial charge in [0.15, 0.2) is 0 Å². The molecule has 0 aromatic heterocycles. The van der Waals surface area contributed by atoms with E-state index in [1.807, 2.05) is 38.0 Å². The Morgan fingerprint density at radius 1 is 0.520 bits per heavy atom. The van der Waals surface area contributed by atoms with Crippen molar-refractivity contribution in [2.75, 3.05) is 38.0 Å². The number of hydrogen-bond donors (Lipinski definition) is 0. The Balaban J connectivity index is 0.000000194. The fourth-order valence-electron chi connectivity index (χ4n) is 6.06. The Hall–Kier alpha value is -4.04. The molecule has 4 aromatic carbocycles. The molecule has 2 saturated heterocycles. The van der Waals surface area contributed by atoms with Gasteiger partial charge in [-0.15, -0.1) is 0 Å². The van der Waals surface area contributed by atoms with E-state index in [2.05, 4.69) is 31.9 Å². The molecule has 264 valence electrons. The Bertz CT molecular complexity index is 1710. The van der Waals surface area contributed by atoms with Crippen LogP contribution in [0.15, 0.2) is 106 Å². The van der Waals surface area contributed by atoms with E-state index in [1.54, 1.807) is 48.5 Å². The van der Waals surface area contributed by atoms with Crippen LogP contribution in [0.1, 0.15) is 34.1 Å². The van der Waals surface area contributed by atoms with Crippen molar-refractivity contribution in [2.24, 2.45) is 0 Å². The highest BCUT2D eigenvalue weighted by atomic mass is 79.9. The van der Waals surface area contributed by atoms with E-state index in [9.17, 15) is 35.9 Å². The van der Waals surface area contributed by atoms with E-state index < -0.39 is 47.3 Å². The zero-order chi connectivity index (χ0) is 36.8. The molecule has 50 heavy (non-hydrogen) atoms. The number of ether oxygens (including phenoxy) is 2. The van der Waals surface area contributed by atoms with Gasteiger partial charge < -0.3 is 19.3 Å². The fourth-order valence-corrected chi connectivity index (χ4v) is 6.59. The number of cyclic esters (lactones) is 2. The SMILES string of the molecule is CN(C)c1ccc([C@@H]2C(=O)O[C@@]2(c2ccc(Br)cc2)C(F)(F)F)cc1.CN(C)c1ccc([C@@H]2C(=O)O[C@@]2(c2ccc(Br)cc2)C(F)(F)F)cc1. The van der Waals surface area contributed by atoms with Crippen molar-refractivity contribution >= 4 is 55.2 Å². The van der Waals surface area contributed by atoms with Gasteiger partial charge in [-0.3, -0.25) is 9.59 Å². The first-order chi connectivity index (χ1) is 23.3. The number of halogens is 8. The molecule has 2 aliphatic rings. The molecule has 2 fully saturated rings. The van der Waals surface area contributed by atoms with Gasteiger partial charge in [-0.25, -0.2) is 0 Å². The minimum absolute atomic E-state index is 0.0931. The lowest BCUT2D eigenvalue weighted by atomic mass is 9.72. The molecule has 0 bridgehead atoms. The van der Waals surface area contributed by atoms with Gasteiger partial charge in [0, 0.05) is 59.6 Å². The first-order valence-electron chi connectivity index (χ1n) is 15.0.